The fourth-order valence-corrected chi connectivity index (χ4v) is 4.17. The molecule has 0 radical (unpaired) electrons. The summed E-state index contributed by atoms with van der Waals surface area (Å²) in [5.41, 5.74) is 0.852. The van der Waals surface area contributed by atoms with Crippen LogP contribution in [0.25, 0.3) is 22.0 Å². The van der Waals surface area contributed by atoms with Gasteiger partial charge in [0.25, 0.3) is 0 Å². The minimum absolute atomic E-state index is 0.117. The van der Waals surface area contributed by atoms with Crippen molar-refractivity contribution in [1.82, 2.24) is 4.98 Å². The number of benzene rings is 2. The minimum Gasteiger partial charge on any atom is -0.390 e. The molecule has 0 saturated carbocycles. The third kappa shape index (κ3) is 2.34. The van der Waals surface area contributed by atoms with E-state index < -0.39 is 29.2 Å². The molecular formula is C20H19ClF2N2O. The lowest BCUT2D eigenvalue weighted by Crippen LogP contribution is -2.50. The van der Waals surface area contributed by atoms with Crippen LogP contribution in [-0.2, 0) is 0 Å². The number of halogens is 3. The fourth-order valence-electron chi connectivity index (χ4n) is 3.96. The van der Waals surface area contributed by atoms with Crippen LogP contribution < -0.4 is 5.32 Å². The van der Waals surface area contributed by atoms with Crippen LogP contribution in [0.1, 0.15) is 32.3 Å². The van der Waals surface area contributed by atoms with E-state index in [1.807, 2.05) is 13.8 Å². The Morgan fingerprint density at radius 1 is 1.23 bits per heavy atom. The van der Waals surface area contributed by atoms with Crippen molar-refractivity contribution in [2.24, 2.45) is 0 Å². The van der Waals surface area contributed by atoms with Crippen LogP contribution in [0.15, 0.2) is 30.5 Å². The van der Waals surface area contributed by atoms with Gasteiger partial charge in [-0.1, -0.05) is 36.7 Å². The van der Waals surface area contributed by atoms with Crippen LogP contribution in [0.4, 0.5) is 14.5 Å². The Kier molecular flexibility index (Phi) is 3.79. The van der Waals surface area contributed by atoms with E-state index in [1.165, 1.54) is 6.07 Å². The minimum atomic E-state index is -0.807. The maximum atomic E-state index is 15.5. The number of hydrogen-bond donors (Lipinski definition) is 3. The molecule has 3 N–H and O–H groups in total. The predicted octanol–water partition coefficient (Wildman–Crippen LogP) is 5.44. The summed E-state index contributed by atoms with van der Waals surface area (Å²) in [5, 5.41) is 14.8. The zero-order chi connectivity index (χ0) is 18.8. The molecule has 0 spiro atoms. The lowest BCUT2D eigenvalue weighted by atomic mass is 9.78. The number of nitrogens with one attached hydrogen (secondary N) is 2. The molecule has 0 aliphatic carbocycles. The van der Waals surface area contributed by atoms with Crippen LogP contribution in [0.5, 0.6) is 0 Å². The van der Waals surface area contributed by atoms with Crippen LogP contribution in [-0.4, -0.2) is 21.7 Å². The number of aromatic nitrogens is 1. The molecule has 1 aliphatic rings. The van der Waals surface area contributed by atoms with Crippen molar-refractivity contribution in [3.05, 3.63) is 52.7 Å². The molecule has 4 rings (SSSR count). The Labute approximate surface area is 155 Å². The van der Waals surface area contributed by atoms with E-state index >= 15 is 4.39 Å². The monoisotopic (exact) mass is 376 g/mol. The van der Waals surface area contributed by atoms with Crippen LogP contribution in [0, 0.1) is 11.6 Å². The fraction of sp³-hybridized carbons (Fsp3) is 0.300. The summed E-state index contributed by atoms with van der Waals surface area (Å²) in [4.78, 5) is 2.99. The van der Waals surface area contributed by atoms with E-state index in [4.69, 9.17) is 11.6 Å². The highest BCUT2D eigenvalue weighted by Crippen LogP contribution is 2.45. The van der Waals surface area contributed by atoms with E-state index in [1.54, 1.807) is 31.3 Å². The molecule has 0 amide bonds. The first-order chi connectivity index (χ1) is 12.2. The first-order valence-corrected chi connectivity index (χ1v) is 8.84. The Morgan fingerprint density at radius 2 is 1.96 bits per heavy atom. The summed E-state index contributed by atoms with van der Waals surface area (Å²) in [6.07, 6.45) is 0.791. The highest BCUT2D eigenvalue weighted by molar-refractivity contribution is 6.36. The van der Waals surface area contributed by atoms with Gasteiger partial charge >= 0.3 is 0 Å². The SMILES string of the molecule is C[C@@H]1c2c(cc(F)c(-c3cccc4c(Cl)c[nH]c34)c2F)NC(C)(C)[C@H]1O. The number of H-pyrrole nitrogens is 1. The standard InChI is InChI=1S/C20H19ClF2N2O/c1-9-15-14(25-20(2,3)19(9)26)7-13(22)16(17(15)23)11-6-4-5-10-12(21)8-24-18(10)11/h4-9,19,24-26H,1-3H3/t9-,19+/m1/s1. The summed E-state index contributed by atoms with van der Waals surface area (Å²) < 4.78 is 30.4. The molecule has 6 heteroatoms. The molecule has 0 fully saturated rings. The molecule has 0 unspecified atom stereocenters. The van der Waals surface area contributed by atoms with Gasteiger partial charge in [0, 0.05) is 34.3 Å². The molecule has 1 aliphatic heterocycles. The van der Waals surface area contributed by atoms with Crippen molar-refractivity contribution in [2.45, 2.75) is 38.3 Å². The van der Waals surface area contributed by atoms with Gasteiger partial charge in [-0.3, -0.25) is 0 Å². The number of aliphatic hydroxyl groups is 1. The molecule has 2 atom stereocenters. The van der Waals surface area contributed by atoms with Crippen molar-refractivity contribution in [1.29, 1.82) is 0 Å². The molecular weight excluding hydrogens is 358 g/mol. The molecule has 136 valence electrons. The number of fused-ring (bicyclic) bond motifs is 2. The summed E-state index contributed by atoms with van der Waals surface area (Å²) in [5.74, 6) is -1.80. The number of rotatable bonds is 1. The maximum absolute atomic E-state index is 15.5. The van der Waals surface area contributed by atoms with Gasteiger partial charge in [0.2, 0.25) is 0 Å². The van der Waals surface area contributed by atoms with Crippen LogP contribution in [0.2, 0.25) is 5.02 Å². The predicted molar refractivity (Wildman–Crippen MR) is 101 cm³/mol. The van der Waals surface area contributed by atoms with Gasteiger partial charge in [0.1, 0.15) is 11.6 Å². The van der Waals surface area contributed by atoms with Gasteiger partial charge in [-0.2, -0.15) is 0 Å². The molecule has 2 aromatic carbocycles. The topological polar surface area (TPSA) is 48.0 Å². The summed E-state index contributed by atoms with van der Waals surface area (Å²) in [6.45, 7) is 5.37. The first kappa shape index (κ1) is 17.3. The van der Waals surface area contributed by atoms with E-state index in [2.05, 4.69) is 10.3 Å². The normalized spacial score (nSPS) is 21.5. The first-order valence-electron chi connectivity index (χ1n) is 8.46. The highest BCUT2D eigenvalue weighted by atomic mass is 35.5. The molecule has 1 aromatic heterocycles. The molecule has 0 bridgehead atoms. The number of anilines is 1. The van der Waals surface area contributed by atoms with Crippen LogP contribution in [0.3, 0.4) is 0 Å². The van der Waals surface area contributed by atoms with E-state index in [-0.39, 0.29) is 5.56 Å². The van der Waals surface area contributed by atoms with Gasteiger partial charge in [-0.15, -0.1) is 0 Å². The highest BCUT2D eigenvalue weighted by Gasteiger charge is 2.41. The second kappa shape index (κ2) is 5.69. The zero-order valence-corrected chi connectivity index (χ0v) is 15.4. The van der Waals surface area contributed by atoms with Gasteiger partial charge in [0.15, 0.2) is 0 Å². The summed E-state index contributed by atoms with van der Waals surface area (Å²) >= 11 is 6.14. The number of aromatic amines is 1. The summed E-state index contributed by atoms with van der Waals surface area (Å²) in [6, 6.07) is 6.48. The maximum Gasteiger partial charge on any atom is 0.139 e. The lowest BCUT2D eigenvalue weighted by Gasteiger charge is -2.42. The quantitative estimate of drug-likeness (QED) is 0.530. The molecule has 2 heterocycles. The Hall–Kier alpha value is -2.11. The van der Waals surface area contributed by atoms with Crippen molar-refractivity contribution >= 4 is 28.2 Å². The average Bonchev–Trinajstić information content (AvgIpc) is 2.94. The van der Waals surface area contributed by atoms with Crippen LogP contribution >= 0.6 is 11.6 Å². The van der Waals surface area contributed by atoms with Crippen molar-refractivity contribution in [3.63, 3.8) is 0 Å². The average molecular weight is 377 g/mol. The molecule has 26 heavy (non-hydrogen) atoms. The lowest BCUT2D eigenvalue weighted by molar-refractivity contribution is 0.0854. The van der Waals surface area contributed by atoms with E-state index in [0.717, 1.165) is 0 Å². The van der Waals surface area contributed by atoms with Gasteiger partial charge in [0.05, 0.1) is 27.7 Å². The second-order valence-electron chi connectivity index (χ2n) is 7.45. The third-order valence-corrected chi connectivity index (χ3v) is 5.63. The second-order valence-corrected chi connectivity index (χ2v) is 7.86. The summed E-state index contributed by atoms with van der Waals surface area (Å²) in [7, 11) is 0. The molecule has 3 nitrogen and oxygen atoms in total. The smallest absolute Gasteiger partial charge is 0.139 e. The Bertz CT molecular complexity index is 1030. The van der Waals surface area contributed by atoms with Crippen molar-refractivity contribution < 1.29 is 13.9 Å². The third-order valence-electron chi connectivity index (χ3n) is 5.32. The molecule has 3 aromatic rings. The van der Waals surface area contributed by atoms with Gasteiger partial charge in [-0.25, -0.2) is 8.78 Å². The van der Waals surface area contributed by atoms with Crippen molar-refractivity contribution in [2.75, 3.05) is 5.32 Å². The largest absolute Gasteiger partial charge is 0.390 e. The van der Waals surface area contributed by atoms with E-state index in [9.17, 15) is 9.50 Å². The number of para-hydroxylation sites is 1. The number of aliphatic hydroxyl groups excluding tert-OH is 1. The van der Waals surface area contributed by atoms with Gasteiger partial charge < -0.3 is 15.4 Å². The van der Waals surface area contributed by atoms with Crippen molar-refractivity contribution in [3.8, 4) is 11.1 Å². The number of hydrogen-bond acceptors (Lipinski definition) is 2. The zero-order valence-electron chi connectivity index (χ0n) is 14.6. The molecule has 0 saturated heterocycles. The Morgan fingerprint density at radius 3 is 2.69 bits per heavy atom. The van der Waals surface area contributed by atoms with Gasteiger partial charge in [-0.05, 0) is 19.9 Å². The van der Waals surface area contributed by atoms with E-state index in [0.29, 0.717) is 32.7 Å². The Balaban J connectivity index is 2.00.